The van der Waals surface area contributed by atoms with Crippen molar-refractivity contribution in [3.63, 3.8) is 0 Å². The number of hydrogen-bond acceptors (Lipinski definition) is 4. The van der Waals surface area contributed by atoms with Crippen LogP contribution in [-0.4, -0.2) is 16.4 Å². The van der Waals surface area contributed by atoms with Crippen molar-refractivity contribution in [3.05, 3.63) is 81.7 Å². The summed E-state index contributed by atoms with van der Waals surface area (Å²) in [5, 5.41) is 7.59. The molecule has 0 aliphatic carbocycles. The molecule has 1 heterocycles. The Balaban J connectivity index is 1.81. The van der Waals surface area contributed by atoms with E-state index in [-0.39, 0.29) is 16.6 Å². The topological polar surface area (TPSA) is 56.1 Å². The molecule has 5 nitrogen and oxygen atoms in total. The molecule has 3 rings (SSSR count). The van der Waals surface area contributed by atoms with Crippen molar-refractivity contribution >= 4 is 17.3 Å². The average Bonchev–Trinajstić information content (AvgIpc) is 2.67. The highest BCUT2D eigenvalue weighted by atomic mass is 35.5. The van der Waals surface area contributed by atoms with Gasteiger partial charge in [0.25, 0.3) is 5.56 Å². The number of nitrogens with zero attached hydrogens (tertiary/aromatic N) is 2. The molecular weight excluding hydrogens is 350 g/mol. The molecule has 0 amide bonds. The molecule has 0 aliphatic heterocycles. The largest absolute Gasteiger partial charge is 0.494 e. The summed E-state index contributed by atoms with van der Waals surface area (Å²) < 4.78 is 6.74. The summed E-state index contributed by atoms with van der Waals surface area (Å²) in [5.41, 5.74) is 1.87. The Hall–Kier alpha value is -2.79. The normalized spacial score (nSPS) is 11.8. The van der Waals surface area contributed by atoms with Crippen LogP contribution in [0.1, 0.15) is 25.5 Å². The molecule has 1 atom stereocenters. The van der Waals surface area contributed by atoms with Gasteiger partial charge in [-0.3, -0.25) is 4.79 Å². The van der Waals surface area contributed by atoms with Crippen LogP contribution in [0.2, 0.25) is 5.02 Å². The fraction of sp³-hybridized carbons (Fsp3) is 0.200. The number of aromatic nitrogens is 2. The van der Waals surface area contributed by atoms with E-state index in [0.717, 1.165) is 11.3 Å². The van der Waals surface area contributed by atoms with E-state index in [9.17, 15) is 4.79 Å². The number of rotatable bonds is 6. The third-order valence-electron chi connectivity index (χ3n) is 3.98. The molecule has 0 spiro atoms. The maximum Gasteiger partial charge on any atom is 0.292 e. The molecule has 0 saturated heterocycles. The van der Waals surface area contributed by atoms with Gasteiger partial charge in [-0.25, -0.2) is 0 Å². The third kappa shape index (κ3) is 3.89. The minimum atomic E-state index is -0.359. The third-order valence-corrected chi connectivity index (χ3v) is 4.35. The molecule has 1 N–H and O–H groups in total. The molecular formula is C20H20ClN3O2. The Morgan fingerprint density at radius 1 is 1.15 bits per heavy atom. The number of benzene rings is 2. The lowest BCUT2D eigenvalue weighted by molar-refractivity contribution is 0.340. The Morgan fingerprint density at radius 2 is 1.85 bits per heavy atom. The van der Waals surface area contributed by atoms with Crippen LogP contribution < -0.4 is 15.6 Å². The number of nitrogens with one attached hydrogen (secondary N) is 1. The Kier molecular flexibility index (Phi) is 5.58. The van der Waals surface area contributed by atoms with Crippen molar-refractivity contribution in [2.24, 2.45) is 0 Å². The van der Waals surface area contributed by atoms with E-state index in [0.29, 0.717) is 18.0 Å². The van der Waals surface area contributed by atoms with Gasteiger partial charge in [0, 0.05) is 6.04 Å². The van der Waals surface area contributed by atoms with Crippen LogP contribution in [0, 0.1) is 0 Å². The van der Waals surface area contributed by atoms with Crippen LogP contribution >= 0.6 is 11.6 Å². The standard InChI is InChI=1S/C20H20ClN3O2/c1-3-26-17-11-9-15(10-12-17)14(2)23-18-13-22-24(20(25)19(18)21)16-7-5-4-6-8-16/h4-14,23H,3H2,1-2H3. The molecule has 6 heteroatoms. The fourth-order valence-electron chi connectivity index (χ4n) is 2.62. The first-order valence-corrected chi connectivity index (χ1v) is 8.80. The van der Waals surface area contributed by atoms with E-state index < -0.39 is 0 Å². The maximum absolute atomic E-state index is 12.5. The molecule has 0 bridgehead atoms. The van der Waals surface area contributed by atoms with Gasteiger partial charge in [0.05, 0.1) is 24.2 Å². The molecule has 0 aliphatic rings. The fourth-order valence-corrected chi connectivity index (χ4v) is 2.81. The van der Waals surface area contributed by atoms with Gasteiger partial charge in [0.1, 0.15) is 10.8 Å². The summed E-state index contributed by atoms with van der Waals surface area (Å²) in [7, 11) is 0. The Bertz CT molecular complexity index is 924. The van der Waals surface area contributed by atoms with Crippen LogP contribution in [0.5, 0.6) is 5.75 Å². The van der Waals surface area contributed by atoms with Crippen molar-refractivity contribution in [1.82, 2.24) is 9.78 Å². The monoisotopic (exact) mass is 369 g/mol. The lowest BCUT2D eigenvalue weighted by Crippen LogP contribution is -2.23. The SMILES string of the molecule is CCOc1ccc(C(C)Nc2cnn(-c3ccccc3)c(=O)c2Cl)cc1. The quantitative estimate of drug-likeness (QED) is 0.697. The molecule has 3 aromatic rings. The number of anilines is 1. The number of hydrogen-bond donors (Lipinski definition) is 1. The zero-order valence-electron chi connectivity index (χ0n) is 14.6. The van der Waals surface area contributed by atoms with Gasteiger partial charge < -0.3 is 10.1 Å². The predicted octanol–water partition coefficient (Wildman–Crippen LogP) is 4.46. The number of para-hydroxylation sites is 1. The summed E-state index contributed by atoms with van der Waals surface area (Å²) in [6.45, 7) is 4.57. The highest BCUT2D eigenvalue weighted by molar-refractivity contribution is 6.32. The van der Waals surface area contributed by atoms with E-state index >= 15 is 0 Å². The minimum Gasteiger partial charge on any atom is -0.494 e. The molecule has 26 heavy (non-hydrogen) atoms. The van der Waals surface area contributed by atoms with Gasteiger partial charge in [-0.1, -0.05) is 41.9 Å². The minimum absolute atomic E-state index is 0.0445. The van der Waals surface area contributed by atoms with Crippen LogP contribution in [0.25, 0.3) is 5.69 Å². The van der Waals surface area contributed by atoms with Crippen molar-refractivity contribution in [3.8, 4) is 11.4 Å². The van der Waals surface area contributed by atoms with Gasteiger partial charge >= 0.3 is 0 Å². The summed E-state index contributed by atoms with van der Waals surface area (Å²) in [6.07, 6.45) is 1.57. The van der Waals surface area contributed by atoms with Crippen molar-refractivity contribution in [2.45, 2.75) is 19.9 Å². The van der Waals surface area contributed by atoms with Gasteiger partial charge in [-0.2, -0.15) is 9.78 Å². The number of ether oxygens (including phenoxy) is 1. The average molecular weight is 370 g/mol. The van der Waals surface area contributed by atoms with Crippen LogP contribution in [0.15, 0.2) is 65.6 Å². The molecule has 0 fully saturated rings. The first kappa shape index (κ1) is 18.0. The second-order valence-electron chi connectivity index (χ2n) is 5.79. The smallest absolute Gasteiger partial charge is 0.292 e. The molecule has 134 valence electrons. The summed E-state index contributed by atoms with van der Waals surface area (Å²) >= 11 is 6.29. The van der Waals surface area contributed by atoms with E-state index in [4.69, 9.17) is 16.3 Å². The molecule has 0 saturated carbocycles. The highest BCUT2D eigenvalue weighted by Gasteiger charge is 2.13. The second-order valence-corrected chi connectivity index (χ2v) is 6.17. The van der Waals surface area contributed by atoms with Gasteiger partial charge in [0.15, 0.2) is 0 Å². The predicted molar refractivity (Wildman–Crippen MR) is 104 cm³/mol. The second kappa shape index (κ2) is 8.06. The summed E-state index contributed by atoms with van der Waals surface area (Å²) in [4.78, 5) is 12.5. The molecule has 1 unspecified atom stereocenters. The number of halogens is 1. The van der Waals surface area contributed by atoms with Crippen molar-refractivity contribution < 1.29 is 4.74 Å². The lowest BCUT2D eigenvalue weighted by Gasteiger charge is -2.17. The van der Waals surface area contributed by atoms with Gasteiger partial charge in [-0.15, -0.1) is 0 Å². The zero-order chi connectivity index (χ0) is 18.5. The van der Waals surface area contributed by atoms with Crippen LogP contribution in [0.4, 0.5) is 5.69 Å². The molecule has 0 radical (unpaired) electrons. The van der Waals surface area contributed by atoms with Gasteiger partial charge in [0.2, 0.25) is 0 Å². The molecule has 2 aromatic carbocycles. The van der Waals surface area contributed by atoms with E-state index in [1.54, 1.807) is 18.3 Å². The maximum atomic E-state index is 12.5. The Morgan fingerprint density at radius 3 is 2.50 bits per heavy atom. The van der Waals surface area contributed by atoms with Gasteiger partial charge in [-0.05, 0) is 43.7 Å². The first-order valence-electron chi connectivity index (χ1n) is 8.42. The lowest BCUT2D eigenvalue weighted by atomic mass is 10.1. The van der Waals surface area contributed by atoms with E-state index in [1.165, 1.54) is 4.68 Å². The van der Waals surface area contributed by atoms with E-state index in [1.807, 2.05) is 56.3 Å². The van der Waals surface area contributed by atoms with E-state index in [2.05, 4.69) is 10.4 Å². The van der Waals surface area contributed by atoms with Crippen LogP contribution in [0.3, 0.4) is 0 Å². The van der Waals surface area contributed by atoms with Crippen LogP contribution in [-0.2, 0) is 0 Å². The summed E-state index contributed by atoms with van der Waals surface area (Å²) in [6, 6.07) is 16.9. The summed E-state index contributed by atoms with van der Waals surface area (Å²) in [5.74, 6) is 0.827. The van der Waals surface area contributed by atoms with Crippen molar-refractivity contribution in [1.29, 1.82) is 0 Å². The molecule has 1 aromatic heterocycles. The zero-order valence-corrected chi connectivity index (χ0v) is 15.4. The van der Waals surface area contributed by atoms with Crippen molar-refractivity contribution in [2.75, 3.05) is 11.9 Å². The highest BCUT2D eigenvalue weighted by Crippen LogP contribution is 2.24. The Labute approximate surface area is 157 Å². The first-order chi connectivity index (χ1) is 12.6.